The molecule has 0 aliphatic heterocycles. The highest BCUT2D eigenvalue weighted by molar-refractivity contribution is 5.85. The van der Waals surface area contributed by atoms with Gasteiger partial charge in [-0.05, 0) is 37.8 Å². The number of pyridine rings is 1. The molecular formula is C20H23N3O4. The van der Waals surface area contributed by atoms with Crippen LogP contribution in [0.15, 0.2) is 40.2 Å². The Morgan fingerprint density at radius 3 is 2.78 bits per heavy atom. The molecular weight excluding hydrogens is 346 g/mol. The molecule has 142 valence electrons. The summed E-state index contributed by atoms with van der Waals surface area (Å²) in [6.45, 7) is 3.65. The number of aromatic hydroxyl groups is 1. The van der Waals surface area contributed by atoms with E-state index in [4.69, 9.17) is 4.52 Å². The van der Waals surface area contributed by atoms with Gasteiger partial charge in [0, 0.05) is 23.8 Å². The van der Waals surface area contributed by atoms with Crippen LogP contribution in [-0.4, -0.2) is 27.4 Å². The minimum Gasteiger partial charge on any atom is -0.506 e. The summed E-state index contributed by atoms with van der Waals surface area (Å²) in [5.74, 6) is 0.486. The molecule has 0 unspecified atom stereocenters. The van der Waals surface area contributed by atoms with Gasteiger partial charge in [0.2, 0.25) is 5.91 Å². The first kappa shape index (κ1) is 18.8. The lowest BCUT2D eigenvalue weighted by Crippen LogP contribution is -2.38. The quantitative estimate of drug-likeness (QED) is 0.758. The van der Waals surface area contributed by atoms with Crippen LogP contribution in [0.5, 0.6) is 5.75 Å². The molecule has 0 saturated carbocycles. The Kier molecular flexibility index (Phi) is 5.39. The molecule has 1 amide bonds. The first-order valence-corrected chi connectivity index (χ1v) is 8.99. The van der Waals surface area contributed by atoms with E-state index in [9.17, 15) is 14.7 Å². The standard InChI is InChI=1S/C20H23N3O4/c1-20(2,19(26)22-16-6-4-3-5-13(16)12-24)10-15-9-18(23-27-15)17-8-7-14(25)11-21-17/h7-9,11-12,25H,3-6,10H2,1-2H3,(H,22,26). The molecule has 0 radical (unpaired) electrons. The predicted octanol–water partition coefficient (Wildman–Crippen LogP) is 3.15. The lowest BCUT2D eigenvalue weighted by atomic mass is 9.86. The van der Waals surface area contributed by atoms with E-state index in [0.29, 0.717) is 35.6 Å². The number of hydrogen-bond donors (Lipinski definition) is 2. The summed E-state index contributed by atoms with van der Waals surface area (Å²) in [7, 11) is 0. The SMILES string of the molecule is CC(C)(Cc1cc(-c2ccc(O)cn2)no1)C(=O)NC1=C(C=O)CCCC1. The second-order valence-corrected chi connectivity index (χ2v) is 7.42. The van der Waals surface area contributed by atoms with Gasteiger partial charge in [-0.25, -0.2) is 0 Å². The van der Waals surface area contributed by atoms with Crippen molar-refractivity contribution < 1.29 is 19.2 Å². The van der Waals surface area contributed by atoms with E-state index in [0.717, 1.165) is 31.2 Å². The number of nitrogens with zero attached hydrogens (tertiary/aromatic N) is 2. The monoisotopic (exact) mass is 369 g/mol. The summed E-state index contributed by atoms with van der Waals surface area (Å²) in [4.78, 5) is 28.0. The van der Waals surface area contributed by atoms with E-state index in [1.54, 1.807) is 12.1 Å². The zero-order chi connectivity index (χ0) is 19.4. The predicted molar refractivity (Wildman–Crippen MR) is 98.6 cm³/mol. The van der Waals surface area contributed by atoms with Crippen molar-refractivity contribution in [3.05, 3.63) is 41.4 Å². The van der Waals surface area contributed by atoms with Gasteiger partial charge in [-0.1, -0.05) is 19.0 Å². The van der Waals surface area contributed by atoms with Gasteiger partial charge < -0.3 is 14.9 Å². The van der Waals surface area contributed by atoms with Gasteiger partial charge >= 0.3 is 0 Å². The molecule has 2 aromatic heterocycles. The molecule has 0 atom stereocenters. The van der Waals surface area contributed by atoms with Crippen molar-refractivity contribution in [1.82, 2.24) is 15.5 Å². The molecule has 3 rings (SSSR count). The number of carbonyl (C=O) groups is 2. The molecule has 0 bridgehead atoms. The first-order chi connectivity index (χ1) is 12.9. The van der Waals surface area contributed by atoms with E-state index in [-0.39, 0.29) is 11.7 Å². The average Bonchev–Trinajstić information content (AvgIpc) is 3.10. The number of carbonyl (C=O) groups excluding carboxylic acids is 2. The number of nitrogens with one attached hydrogen (secondary N) is 1. The molecule has 27 heavy (non-hydrogen) atoms. The van der Waals surface area contributed by atoms with Crippen LogP contribution in [0.25, 0.3) is 11.4 Å². The molecule has 2 N–H and O–H groups in total. The highest BCUT2D eigenvalue weighted by atomic mass is 16.5. The van der Waals surface area contributed by atoms with Crippen LogP contribution < -0.4 is 5.32 Å². The molecule has 1 aliphatic rings. The second-order valence-electron chi connectivity index (χ2n) is 7.42. The summed E-state index contributed by atoms with van der Waals surface area (Å²) in [5, 5.41) is 16.2. The highest BCUT2D eigenvalue weighted by Crippen LogP contribution is 2.28. The van der Waals surface area contributed by atoms with Crippen molar-refractivity contribution in [3.63, 3.8) is 0 Å². The van der Waals surface area contributed by atoms with Crippen molar-refractivity contribution in [1.29, 1.82) is 0 Å². The number of aldehydes is 1. The number of rotatable bonds is 6. The Bertz CT molecular complexity index is 866. The molecule has 1 aliphatic carbocycles. The van der Waals surface area contributed by atoms with Crippen LogP contribution in [0.4, 0.5) is 0 Å². The lowest BCUT2D eigenvalue weighted by molar-refractivity contribution is -0.128. The largest absolute Gasteiger partial charge is 0.506 e. The maximum atomic E-state index is 12.7. The molecule has 0 spiro atoms. The van der Waals surface area contributed by atoms with Gasteiger partial charge in [0.25, 0.3) is 0 Å². The number of allylic oxidation sites excluding steroid dienone is 2. The van der Waals surface area contributed by atoms with E-state index >= 15 is 0 Å². The Hall–Kier alpha value is -2.96. The Balaban J connectivity index is 1.70. The Morgan fingerprint density at radius 1 is 1.30 bits per heavy atom. The van der Waals surface area contributed by atoms with Crippen LogP contribution in [0.1, 0.15) is 45.3 Å². The molecule has 0 aromatic carbocycles. The molecule has 2 heterocycles. The van der Waals surface area contributed by atoms with Crippen LogP contribution >= 0.6 is 0 Å². The summed E-state index contributed by atoms with van der Waals surface area (Å²) in [6, 6.07) is 4.91. The third-order valence-electron chi connectivity index (χ3n) is 4.72. The Labute approximate surface area is 157 Å². The van der Waals surface area contributed by atoms with Crippen LogP contribution in [0.2, 0.25) is 0 Å². The fourth-order valence-corrected chi connectivity index (χ4v) is 3.08. The van der Waals surface area contributed by atoms with Crippen molar-refractivity contribution in [2.75, 3.05) is 0 Å². The third-order valence-corrected chi connectivity index (χ3v) is 4.72. The summed E-state index contributed by atoms with van der Waals surface area (Å²) in [6.07, 6.45) is 5.91. The molecule has 0 saturated heterocycles. The van der Waals surface area contributed by atoms with Gasteiger partial charge in [0.1, 0.15) is 23.5 Å². The topological polar surface area (TPSA) is 105 Å². The van der Waals surface area contributed by atoms with E-state index < -0.39 is 5.41 Å². The number of hydrogen-bond acceptors (Lipinski definition) is 6. The smallest absolute Gasteiger partial charge is 0.230 e. The fraction of sp³-hybridized carbons (Fsp3) is 0.400. The fourth-order valence-electron chi connectivity index (χ4n) is 3.08. The Morgan fingerprint density at radius 2 is 2.07 bits per heavy atom. The lowest BCUT2D eigenvalue weighted by Gasteiger charge is -2.25. The van der Waals surface area contributed by atoms with Crippen LogP contribution in [-0.2, 0) is 16.0 Å². The molecule has 7 heteroatoms. The minimum absolute atomic E-state index is 0.0759. The molecule has 2 aromatic rings. The molecule has 7 nitrogen and oxygen atoms in total. The zero-order valence-corrected chi connectivity index (χ0v) is 15.5. The normalized spacial score (nSPS) is 14.9. The third kappa shape index (κ3) is 4.42. The summed E-state index contributed by atoms with van der Waals surface area (Å²) >= 11 is 0. The van der Waals surface area contributed by atoms with Gasteiger partial charge in [-0.3, -0.25) is 14.6 Å². The van der Waals surface area contributed by atoms with Crippen molar-refractivity contribution in [3.8, 4) is 17.1 Å². The van der Waals surface area contributed by atoms with Crippen molar-refractivity contribution in [2.45, 2.75) is 46.0 Å². The second kappa shape index (κ2) is 7.73. The van der Waals surface area contributed by atoms with Gasteiger partial charge in [0.05, 0.1) is 17.3 Å². The maximum Gasteiger partial charge on any atom is 0.230 e. The van der Waals surface area contributed by atoms with E-state index in [1.807, 2.05) is 13.8 Å². The number of aromatic nitrogens is 2. The maximum absolute atomic E-state index is 12.7. The van der Waals surface area contributed by atoms with Gasteiger partial charge in [0.15, 0.2) is 0 Å². The van der Waals surface area contributed by atoms with Gasteiger partial charge in [-0.15, -0.1) is 0 Å². The van der Waals surface area contributed by atoms with E-state index in [2.05, 4.69) is 15.5 Å². The highest BCUT2D eigenvalue weighted by Gasteiger charge is 2.31. The summed E-state index contributed by atoms with van der Waals surface area (Å²) in [5.41, 5.74) is 1.80. The average molecular weight is 369 g/mol. The first-order valence-electron chi connectivity index (χ1n) is 8.99. The van der Waals surface area contributed by atoms with Crippen molar-refractivity contribution in [2.24, 2.45) is 5.41 Å². The molecule has 0 fully saturated rings. The van der Waals surface area contributed by atoms with Gasteiger partial charge in [-0.2, -0.15) is 0 Å². The van der Waals surface area contributed by atoms with Crippen LogP contribution in [0, 0.1) is 5.41 Å². The van der Waals surface area contributed by atoms with E-state index in [1.165, 1.54) is 12.3 Å². The van der Waals surface area contributed by atoms with Crippen molar-refractivity contribution >= 4 is 12.2 Å². The zero-order valence-electron chi connectivity index (χ0n) is 15.5. The minimum atomic E-state index is -0.738. The number of amides is 1. The van der Waals surface area contributed by atoms with Crippen LogP contribution in [0.3, 0.4) is 0 Å². The summed E-state index contributed by atoms with van der Waals surface area (Å²) < 4.78 is 5.37.